The molecule has 3 rings (SSSR count). The molecule has 0 bridgehead atoms. The van der Waals surface area contributed by atoms with E-state index in [4.69, 9.17) is 4.98 Å². The Morgan fingerprint density at radius 3 is 2.63 bits per heavy atom. The molecular weight excluding hydrogens is 254 g/mol. The number of rotatable bonds is 5. The first-order valence-corrected chi connectivity index (χ1v) is 8.52. The molecule has 3 nitrogen and oxygen atoms in total. The van der Waals surface area contributed by atoms with Crippen LogP contribution in [-0.2, 0) is 0 Å². The minimum atomic E-state index is 0.629. The van der Waals surface area contributed by atoms with Crippen LogP contribution < -0.4 is 5.32 Å². The average Bonchev–Trinajstić information content (AvgIpc) is 3.24. The fourth-order valence-corrected chi connectivity index (χ4v) is 3.89. The molecule has 0 spiro atoms. The van der Waals surface area contributed by atoms with Gasteiger partial charge in [-0.1, -0.05) is 19.3 Å². The van der Waals surface area contributed by atoms with E-state index in [1.165, 1.54) is 50.0 Å². The summed E-state index contributed by atoms with van der Waals surface area (Å²) in [6, 6.07) is 2.13. The van der Waals surface area contributed by atoms with Crippen LogP contribution in [-0.4, -0.2) is 21.8 Å². The monoisotopic (exact) mass is 277 g/mol. The lowest BCUT2D eigenvalue weighted by atomic mass is 10.0. The highest BCUT2D eigenvalue weighted by Gasteiger charge is 2.27. The van der Waals surface area contributed by atoms with Gasteiger partial charge in [-0.25, -0.2) is 9.97 Å². The van der Waals surface area contributed by atoms with Gasteiger partial charge in [0, 0.05) is 23.8 Å². The highest BCUT2D eigenvalue weighted by atomic mass is 32.2. The molecule has 0 amide bonds. The second-order valence-corrected chi connectivity index (χ2v) is 6.95. The third-order valence-electron chi connectivity index (χ3n) is 3.86. The minimum absolute atomic E-state index is 0.629. The number of nitrogens with zero attached hydrogens (tertiary/aromatic N) is 2. The van der Waals surface area contributed by atoms with E-state index in [1.807, 2.05) is 11.8 Å². The number of thioether (sulfide) groups is 1. The number of aromatic nitrogens is 2. The molecule has 4 heteroatoms. The van der Waals surface area contributed by atoms with Gasteiger partial charge in [0.2, 0.25) is 0 Å². The number of anilines is 1. The molecule has 0 aliphatic heterocycles. The van der Waals surface area contributed by atoms with Crippen LogP contribution in [0.4, 0.5) is 5.82 Å². The van der Waals surface area contributed by atoms with Gasteiger partial charge in [-0.2, -0.15) is 0 Å². The Kier molecular flexibility index (Phi) is 4.26. The quantitative estimate of drug-likeness (QED) is 0.818. The van der Waals surface area contributed by atoms with Crippen LogP contribution >= 0.6 is 11.8 Å². The first kappa shape index (κ1) is 13.2. The number of nitrogens with one attached hydrogen (secondary N) is 1. The topological polar surface area (TPSA) is 37.8 Å². The van der Waals surface area contributed by atoms with Crippen molar-refractivity contribution < 1.29 is 0 Å². The van der Waals surface area contributed by atoms with Crippen molar-refractivity contribution in [2.24, 2.45) is 0 Å². The Morgan fingerprint density at radius 1 is 1.16 bits per heavy atom. The highest BCUT2D eigenvalue weighted by Crippen LogP contribution is 2.40. The minimum Gasteiger partial charge on any atom is -0.370 e. The molecule has 2 saturated carbocycles. The third-order valence-corrected chi connectivity index (χ3v) is 5.12. The van der Waals surface area contributed by atoms with Crippen LogP contribution in [0.15, 0.2) is 11.1 Å². The molecule has 1 aromatic rings. The molecule has 1 heterocycles. The van der Waals surface area contributed by atoms with Gasteiger partial charge in [0.1, 0.15) is 16.7 Å². The van der Waals surface area contributed by atoms with Gasteiger partial charge in [-0.05, 0) is 32.6 Å². The van der Waals surface area contributed by atoms with Gasteiger partial charge >= 0.3 is 0 Å². The summed E-state index contributed by atoms with van der Waals surface area (Å²) in [6.45, 7) is 3.04. The van der Waals surface area contributed by atoms with Crippen LogP contribution in [0.25, 0.3) is 0 Å². The lowest BCUT2D eigenvalue weighted by Crippen LogP contribution is -2.09. The van der Waals surface area contributed by atoms with E-state index in [0.717, 1.165) is 23.4 Å². The summed E-state index contributed by atoms with van der Waals surface area (Å²) >= 11 is 1.97. The molecule has 2 fully saturated rings. The van der Waals surface area contributed by atoms with E-state index < -0.39 is 0 Å². The maximum atomic E-state index is 4.78. The van der Waals surface area contributed by atoms with Crippen molar-refractivity contribution >= 4 is 17.6 Å². The smallest absolute Gasteiger partial charge is 0.135 e. The fraction of sp³-hybridized carbons (Fsp3) is 0.733. The summed E-state index contributed by atoms with van der Waals surface area (Å²) in [6.07, 6.45) is 9.42. The van der Waals surface area contributed by atoms with Gasteiger partial charge in [0.05, 0.1) is 0 Å². The molecule has 0 atom stereocenters. The van der Waals surface area contributed by atoms with Crippen molar-refractivity contribution in [3.63, 3.8) is 0 Å². The van der Waals surface area contributed by atoms with Gasteiger partial charge < -0.3 is 5.32 Å². The summed E-state index contributed by atoms with van der Waals surface area (Å²) in [5.74, 6) is 2.71. The molecule has 1 N–H and O–H groups in total. The summed E-state index contributed by atoms with van der Waals surface area (Å²) in [5, 5.41) is 5.29. The Labute approximate surface area is 120 Å². The van der Waals surface area contributed by atoms with Gasteiger partial charge in [-0.3, -0.25) is 0 Å². The van der Waals surface area contributed by atoms with Gasteiger partial charge in [0.25, 0.3) is 0 Å². The fourth-order valence-electron chi connectivity index (χ4n) is 2.65. The van der Waals surface area contributed by atoms with E-state index in [2.05, 4.69) is 23.3 Å². The average molecular weight is 277 g/mol. The zero-order valence-corrected chi connectivity index (χ0v) is 12.5. The Bertz CT molecular complexity index is 425. The second kappa shape index (κ2) is 6.12. The lowest BCUT2D eigenvalue weighted by molar-refractivity contribution is 0.515. The summed E-state index contributed by atoms with van der Waals surface area (Å²) in [7, 11) is 0. The Hall–Kier alpha value is -0.770. The highest BCUT2D eigenvalue weighted by molar-refractivity contribution is 7.99. The van der Waals surface area contributed by atoms with Crippen molar-refractivity contribution in [1.82, 2.24) is 9.97 Å². The van der Waals surface area contributed by atoms with Gasteiger partial charge in [-0.15, -0.1) is 11.8 Å². The normalized spacial score (nSPS) is 20.5. The van der Waals surface area contributed by atoms with Crippen molar-refractivity contribution in [3.8, 4) is 0 Å². The molecule has 2 aliphatic carbocycles. The molecule has 0 unspecified atom stereocenters. The van der Waals surface area contributed by atoms with E-state index in [-0.39, 0.29) is 0 Å². The Morgan fingerprint density at radius 2 is 1.95 bits per heavy atom. The predicted molar refractivity (Wildman–Crippen MR) is 80.9 cm³/mol. The van der Waals surface area contributed by atoms with Crippen LogP contribution in [0.3, 0.4) is 0 Å². The number of hydrogen-bond donors (Lipinski definition) is 1. The predicted octanol–water partition coefficient (Wildman–Crippen LogP) is 4.21. The van der Waals surface area contributed by atoms with E-state index in [1.54, 1.807) is 0 Å². The zero-order valence-electron chi connectivity index (χ0n) is 11.7. The van der Waals surface area contributed by atoms with Crippen molar-refractivity contribution in [2.75, 3.05) is 11.9 Å². The zero-order chi connectivity index (χ0) is 13.1. The molecule has 0 radical (unpaired) electrons. The lowest BCUT2D eigenvalue weighted by Gasteiger charge is -2.20. The van der Waals surface area contributed by atoms with Crippen LogP contribution in [0.5, 0.6) is 0 Å². The summed E-state index contributed by atoms with van der Waals surface area (Å²) < 4.78 is 0. The van der Waals surface area contributed by atoms with E-state index >= 15 is 0 Å². The molecular formula is C15H23N3S. The van der Waals surface area contributed by atoms with Crippen molar-refractivity contribution in [1.29, 1.82) is 0 Å². The molecule has 19 heavy (non-hydrogen) atoms. The molecule has 104 valence electrons. The third kappa shape index (κ3) is 3.62. The van der Waals surface area contributed by atoms with Gasteiger partial charge in [0.15, 0.2) is 0 Å². The first-order valence-electron chi connectivity index (χ1n) is 7.64. The van der Waals surface area contributed by atoms with E-state index in [9.17, 15) is 0 Å². The standard InChI is InChI=1S/C15H23N3S/c1-2-16-13-10-14(18-15(17-13)11-8-9-11)19-12-6-4-3-5-7-12/h10-12H,2-9H2,1H3,(H,16,17,18). The van der Waals surface area contributed by atoms with Crippen LogP contribution in [0.1, 0.15) is 63.6 Å². The maximum Gasteiger partial charge on any atom is 0.135 e. The van der Waals surface area contributed by atoms with Crippen molar-refractivity contribution in [3.05, 3.63) is 11.9 Å². The second-order valence-electron chi connectivity index (χ2n) is 5.63. The maximum absolute atomic E-state index is 4.78. The first-order chi connectivity index (χ1) is 9.35. The molecule has 2 aliphatic rings. The van der Waals surface area contributed by atoms with E-state index in [0.29, 0.717) is 5.92 Å². The molecule has 0 aromatic carbocycles. The van der Waals surface area contributed by atoms with Crippen LogP contribution in [0.2, 0.25) is 0 Å². The Balaban J connectivity index is 1.74. The summed E-state index contributed by atoms with van der Waals surface area (Å²) in [5.41, 5.74) is 0. The molecule has 1 aromatic heterocycles. The summed E-state index contributed by atoms with van der Waals surface area (Å²) in [4.78, 5) is 9.43. The number of hydrogen-bond acceptors (Lipinski definition) is 4. The van der Waals surface area contributed by atoms with Crippen molar-refractivity contribution in [2.45, 2.75) is 68.1 Å². The van der Waals surface area contributed by atoms with Crippen LogP contribution in [0, 0.1) is 0 Å². The largest absolute Gasteiger partial charge is 0.370 e. The molecule has 0 saturated heterocycles. The SMILES string of the molecule is CCNc1cc(SC2CCCCC2)nc(C2CC2)n1.